The van der Waals surface area contributed by atoms with Gasteiger partial charge in [-0.25, -0.2) is 4.79 Å². The van der Waals surface area contributed by atoms with E-state index in [-0.39, 0.29) is 66.6 Å². The van der Waals surface area contributed by atoms with Crippen LogP contribution in [-0.4, -0.2) is 28.5 Å². The maximum absolute atomic E-state index is 13.8. The summed E-state index contributed by atoms with van der Waals surface area (Å²) in [6.07, 6.45) is -16.0. The molecular weight excluding hydrogens is 647 g/mol. The second-order valence-corrected chi connectivity index (χ2v) is 11.0. The molecule has 16 heteroatoms. The number of pyridine rings is 1. The molecule has 3 N–H and O–H groups in total. The lowest BCUT2D eigenvalue weighted by atomic mass is 9.77. The summed E-state index contributed by atoms with van der Waals surface area (Å²) in [5.41, 5.74) is -0.238. The Morgan fingerprint density at radius 2 is 1.64 bits per heavy atom. The first-order chi connectivity index (χ1) is 21.8. The van der Waals surface area contributed by atoms with Crippen LogP contribution in [0.2, 0.25) is 0 Å². The second-order valence-electron chi connectivity index (χ2n) is 11.0. The Labute approximate surface area is 262 Å². The molecule has 0 spiro atoms. The van der Waals surface area contributed by atoms with Gasteiger partial charge in [0.15, 0.2) is 0 Å². The van der Waals surface area contributed by atoms with E-state index in [0.29, 0.717) is 18.2 Å². The highest BCUT2D eigenvalue weighted by molar-refractivity contribution is 5.90. The fourth-order valence-electron chi connectivity index (χ4n) is 5.56. The topological polar surface area (TPSA) is 112 Å². The molecule has 1 amide bonds. The number of unbranched alkanes of at least 4 members (excludes halogenated alkanes) is 1. The average Bonchev–Trinajstić information content (AvgIpc) is 2.97. The van der Waals surface area contributed by atoms with Crippen molar-refractivity contribution < 1.29 is 54.2 Å². The van der Waals surface area contributed by atoms with Gasteiger partial charge >= 0.3 is 24.6 Å². The summed E-state index contributed by atoms with van der Waals surface area (Å²) in [7, 11) is 0. The number of hydrogen-bond donors (Lipinski definition) is 2. The quantitative estimate of drug-likeness (QED) is 0.183. The smallest absolute Gasteiger partial charge is 0.416 e. The Hall–Kier alpha value is -4.52. The van der Waals surface area contributed by atoms with Gasteiger partial charge in [0.1, 0.15) is 11.4 Å². The number of nitrogens with zero attached hydrogens (tertiary/aromatic N) is 3. The number of carbonyl (C=O) groups is 1. The molecule has 0 saturated carbocycles. The van der Waals surface area contributed by atoms with Crippen molar-refractivity contribution in [1.82, 2.24) is 4.98 Å². The van der Waals surface area contributed by atoms with Gasteiger partial charge in [-0.15, -0.1) is 0 Å². The highest BCUT2D eigenvalue weighted by atomic mass is 19.4. The van der Waals surface area contributed by atoms with Crippen LogP contribution in [0, 0.1) is 11.3 Å². The van der Waals surface area contributed by atoms with E-state index in [9.17, 15) is 49.4 Å². The minimum absolute atomic E-state index is 0.00539. The number of nitriles is 1. The number of carboxylic acid groups (broad SMARTS) is 1. The van der Waals surface area contributed by atoms with E-state index in [1.165, 1.54) is 12.3 Å². The fraction of sp³-hybridized carbons (Fsp3) is 0.387. The molecule has 0 saturated heterocycles. The van der Waals surface area contributed by atoms with Crippen LogP contribution in [-0.2, 0) is 24.9 Å². The van der Waals surface area contributed by atoms with E-state index in [4.69, 9.17) is 15.7 Å². The number of aromatic nitrogens is 1. The highest BCUT2D eigenvalue weighted by Gasteiger charge is 2.47. The molecule has 1 aliphatic rings. The molecule has 0 radical (unpaired) electrons. The first kappa shape index (κ1) is 35.3. The van der Waals surface area contributed by atoms with Crippen molar-refractivity contribution in [1.29, 1.82) is 5.26 Å². The normalized spacial score (nSPS) is 18.4. The van der Waals surface area contributed by atoms with E-state index in [2.05, 4.69) is 4.98 Å². The number of fused-ring (bicyclic) bond motifs is 1. The molecule has 2 atom stereocenters. The van der Waals surface area contributed by atoms with Gasteiger partial charge in [0.2, 0.25) is 0 Å². The summed E-state index contributed by atoms with van der Waals surface area (Å²) >= 11 is 0. The lowest BCUT2D eigenvalue weighted by molar-refractivity contribution is -0.143. The van der Waals surface area contributed by atoms with Gasteiger partial charge in [-0.2, -0.15) is 44.8 Å². The van der Waals surface area contributed by atoms with E-state index in [1.807, 2.05) is 6.07 Å². The molecule has 7 nitrogen and oxygen atoms in total. The Morgan fingerprint density at radius 3 is 2.17 bits per heavy atom. The van der Waals surface area contributed by atoms with Crippen LogP contribution in [0.25, 0.3) is 0 Å². The van der Waals surface area contributed by atoms with E-state index < -0.39 is 64.9 Å². The van der Waals surface area contributed by atoms with Gasteiger partial charge < -0.3 is 15.6 Å². The minimum atomic E-state index is -5.14. The maximum Gasteiger partial charge on any atom is 0.416 e. The summed E-state index contributed by atoms with van der Waals surface area (Å²) in [5.74, 6) is -1.14. The van der Waals surface area contributed by atoms with Crippen LogP contribution >= 0.6 is 0 Å². The lowest BCUT2D eigenvalue weighted by Crippen LogP contribution is -2.61. The molecule has 0 fully saturated rings. The number of amides is 1. The van der Waals surface area contributed by atoms with E-state index in [0.717, 1.165) is 17.0 Å². The van der Waals surface area contributed by atoms with E-state index in [1.54, 1.807) is 6.92 Å². The van der Waals surface area contributed by atoms with Crippen LogP contribution in [0.4, 0.5) is 50.0 Å². The van der Waals surface area contributed by atoms with Gasteiger partial charge in [0, 0.05) is 12.3 Å². The number of halogens is 9. The Bertz CT molecular complexity index is 1650. The second kappa shape index (κ2) is 12.9. The van der Waals surface area contributed by atoms with Crippen molar-refractivity contribution in [3.8, 4) is 11.8 Å². The summed E-state index contributed by atoms with van der Waals surface area (Å²) < 4.78 is 129. The Morgan fingerprint density at radius 1 is 1.02 bits per heavy atom. The number of nitrogens with two attached hydrogens (primary N) is 1. The molecule has 47 heavy (non-hydrogen) atoms. The third kappa shape index (κ3) is 7.73. The first-order valence-electron chi connectivity index (χ1n) is 14.1. The summed E-state index contributed by atoms with van der Waals surface area (Å²) in [6, 6.07) is 6.60. The molecule has 2 aromatic carbocycles. The molecule has 1 aromatic heterocycles. The van der Waals surface area contributed by atoms with Crippen LogP contribution in [0.5, 0.6) is 5.75 Å². The average molecular weight is 675 g/mol. The molecule has 252 valence electrons. The van der Waals surface area contributed by atoms with Gasteiger partial charge in [-0.05, 0) is 84.8 Å². The monoisotopic (exact) mass is 674 g/mol. The maximum atomic E-state index is 13.8. The number of rotatable bonds is 8. The number of benzene rings is 2. The number of hydrogen-bond acceptors (Lipinski definition) is 5. The third-order valence-corrected chi connectivity index (χ3v) is 7.83. The van der Waals surface area contributed by atoms with Gasteiger partial charge in [0.25, 0.3) is 0 Å². The molecule has 0 unspecified atom stereocenters. The molecule has 1 aliphatic heterocycles. The van der Waals surface area contributed by atoms with Crippen molar-refractivity contribution in [3.05, 3.63) is 87.7 Å². The van der Waals surface area contributed by atoms with Crippen LogP contribution in [0.15, 0.2) is 48.7 Å². The first-order valence-corrected chi connectivity index (χ1v) is 14.1. The number of alkyl halides is 9. The Kier molecular flexibility index (Phi) is 9.73. The lowest BCUT2D eigenvalue weighted by Gasteiger charge is -2.46. The zero-order valence-electron chi connectivity index (χ0n) is 24.5. The standard InChI is InChI=1S/C31H27F9N4O3/c1-2-28(42)15-24(23-14-19(29(32,33)34)5-6-25(23)44(28)27(45)46)26-18(12-22(16-43-26)47-8-4-3-7-41)9-17-10-20(30(35,36)37)13-21(11-17)31(38,39)40/h5-6,10-14,16,24H,2-4,8-9,15,42H2,1H3,(H,45,46)/t24-,28+/m0/s1. The predicted molar refractivity (Wildman–Crippen MR) is 149 cm³/mol. The molecule has 3 aromatic rings. The van der Waals surface area contributed by atoms with Gasteiger partial charge in [0.05, 0.1) is 46.9 Å². The van der Waals surface area contributed by atoms with Crippen LogP contribution in [0.3, 0.4) is 0 Å². The van der Waals surface area contributed by atoms with Crippen molar-refractivity contribution in [2.24, 2.45) is 5.73 Å². The van der Waals surface area contributed by atoms with E-state index >= 15 is 0 Å². The predicted octanol–water partition coefficient (Wildman–Crippen LogP) is 8.50. The SMILES string of the molecule is CC[C@]1(N)C[C@H](c2ncc(OCCCC#N)cc2Cc2cc(C(F)(F)F)cc(C(F)(F)F)c2)c2cc(C(F)(F)F)ccc2N1C(=O)O. The zero-order valence-corrected chi connectivity index (χ0v) is 24.5. The fourth-order valence-corrected chi connectivity index (χ4v) is 5.56. The van der Waals surface area contributed by atoms with Crippen molar-refractivity contribution >= 4 is 11.8 Å². The molecular formula is C31H27F9N4O3. The number of anilines is 1. The summed E-state index contributed by atoms with van der Waals surface area (Å²) in [6.45, 7) is 1.56. The van der Waals surface area contributed by atoms with Gasteiger partial charge in [-0.1, -0.05) is 6.92 Å². The molecule has 0 aliphatic carbocycles. The summed E-state index contributed by atoms with van der Waals surface area (Å²) in [5, 5.41) is 18.8. The van der Waals surface area contributed by atoms with Gasteiger partial charge in [-0.3, -0.25) is 9.88 Å². The van der Waals surface area contributed by atoms with Crippen LogP contribution in [0.1, 0.15) is 77.6 Å². The zero-order chi connectivity index (χ0) is 34.9. The number of ether oxygens (including phenoxy) is 1. The molecule has 0 bridgehead atoms. The van der Waals surface area contributed by atoms with Crippen molar-refractivity contribution in [2.45, 2.75) is 69.1 Å². The van der Waals surface area contributed by atoms with Crippen molar-refractivity contribution in [2.75, 3.05) is 11.5 Å². The third-order valence-electron chi connectivity index (χ3n) is 7.83. The summed E-state index contributed by atoms with van der Waals surface area (Å²) in [4.78, 5) is 17.4. The Balaban J connectivity index is 1.95. The minimum Gasteiger partial charge on any atom is -0.492 e. The largest absolute Gasteiger partial charge is 0.492 e. The van der Waals surface area contributed by atoms with Crippen LogP contribution < -0.4 is 15.4 Å². The molecule has 4 rings (SSSR count). The highest BCUT2D eigenvalue weighted by Crippen LogP contribution is 2.48. The van der Waals surface area contributed by atoms with Crippen molar-refractivity contribution in [3.63, 3.8) is 0 Å². The molecule has 2 heterocycles.